The van der Waals surface area contributed by atoms with Gasteiger partial charge in [0.2, 0.25) is 0 Å². The zero-order valence-corrected chi connectivity index (χ0v) is 15.0. The molecule has 4 heteroatoms. The molecule has 1 N–H and O–H groups in total. The molecular weight excluding hydrogens is 302 g/mol. The number of fused-ring (bicyclic) bond motifs is 1. The highest BCUT2D eigenvalue weighted by atomic mass is 16.5. The van der Waals surface area contributed by atoms with Gasteiger partial charge >= 0.3 is 0 Å². The van der Waals surface area contributed by atoms with Gasteiger partial charge in [0, 0.05) is 23.6 Å². The summed E-state index contributed by atoms with van der Waals surface area (Å²) in [6.45, 7) is 4.00. The molecule has 0 aliphatic heterocycles. The molecule has 0 saturated carbocycles. The van der Waals surface area contributed by atoms with E-state index in [1.54, 1.807) is 14.2 Å². The van der Waals surface area contributed by atoms with E-state index in [4.69, 9.17) is 9.47 Å². The summed E-state index contributed by atoms with van der Waals surface area (Å²) in [6.07, 6.45) is 3.89. The number of methoxy groups -OCH3 is 2. The fraction of sp³-hybridized carbons (Fsp3) is 0.450. The van der Waals surface area contributed by atoms with E-state index < -0.39 is 5.60 Å². The zero-order chi connectivity index (χ0) is 17.6. The van der Waals surface area contributed by atoms with Crippen LogP contribution in [0.15, 0.2) is 36.4 Å². The number of nitrogens with one attached hydrogen (secondary N) is 1. The standard InChI is InChI=1S/C20H27NO3/c1-5-6-9-14-20(2,24-4)19(22)21-17-12-13-18(23-3)16-11-8-7-10-15(16)17/h7-8,10-13H,5-6,9,14H2,1-4H3,(H,21,22)/t20-/m1/s1. The molecule has 130 valence electrons. The molecule has 24 heavy (non-hydrogen) atoms. The summed E-state index contributed by atoms with van der Waals surface area (Å²) >= 11 is 0. The molecule has 0 aliphatic carbocycles. The predicted octanol–water partition coefficient (Wildman–Crippen LogP) is 4.77. The van der Waals surface area contributed by atoms with E-state index in [2.05, 4.69) is 12.2 Å². The highest BCUT2D eigenvalue weighted by molar-refractivity contribution is 6.06. The summed E-state index contributed by atoms with van der Waals surface area (Å²) < 4.78 is 10.9. The van der Waals surface area contributed by atoms with E-state index in [0.717, 1.165) is 41.5 Å². The number of hydrogen-bond donors (Lipinski definition) is 1. The summed E-state index contributed by atoms with van der Waals surface area (Å²) in [4.78, 5) is 12.8. The Labute approximate surface area is 144 Å². The lowest BCUT2D eigenvalue weighted by Gasteiger charge is -2.27. The molecule has 2 aromatic carbocycles. The second kappa shape index (κ2) is 8.15. The first-order valence-corrected chi connectivity index (χ1v) is 8.48. The number of hydrogen-bond acceptors (Lipinski definition) is 3. The number of anilines is 1. The van der Waals surface area contributed by atoms with Gasteiger partial charge in [-0.2, -0.15) is 0 Å². The summed E-state index contributed by atoms with van der Waals surface area (Å²) in [5.74, 6) is 0.678. The molecule has 0 aromatic heterocycles. The average molecular weight is 329 g/mol. The van der Waals surface area contributed by atoms with Gasteiger partial charge in [-0.05, 0) is 25.5 Å². The first-order valence-electron chi connectivity index (χ1n) is 8.48. The van der Waals surface area contributed by atoms with Crippen molar-refractivity contribution < 1.29 is 14.3 Å². The molecule has 0 unspecified atom stereocenters. The first-order chi connectivity index (χ1) is 11.6. The molecule has 1 atom stereocenters. The van der Waals surface area contributed by atoms with Crippen LogP contribution in [0.3, 0.4) is 0 Å². The second-order valence-electron chi connectivity index (χ2n) is 6.21. The summed E-state index contributed by atoms with van der Waals surface area (Å²) in [5, 5.41) is 4.97. The van der Waals surface area contributed by atoms with Crippen LogP contribution in [0, 0.1) is 0 Å². The minimum absolute atomic E-state index is 0.114. The molecule has 0 spiro atoms. The molecule has 1 amide bonds. The Morgan fingerprint density at radius 3 is 2.42 bits per heavy atom. The number of amides is 1. The van der Waals surface area contributed by atoms with Crippen molar-refractivity contribution in [2.45, 2.75) is 45.1 Å². The minimum atomic E-state index is -0.823. The predicted molar refractivity (Wildman–Crippen MR) is 98.7 cm³/mol. The van der Waals surface area contributed by atoms with Crippen LogP contribution in [-0.2, 0) is 9.53 Å². The highest BCUT2D eigenvalue weighted by Gasteiger charge is 2.32. The molecular formula is C20H27NO3. The fourth-order valence-electron chi connectivity index (χ4n) is 2.83. The second-order valence-corrected chi connectivity index (χ2v) is 6.21. The molecule has 0 aliphatic rings. The van der Waals surface area contributed by atoms with E-state index in [1.165, 1.54) is 0 Å². The summed E-state index contributed by atoms with van der Waals surface area (Å²) in [6, 6.07) is 11.6. The van der Waals surface area contributed by atoms with Crippen molar-refractivity contribution in [1.82, 2.24) is 0 Å². The van der Waals surface area contributed by atoms with Crippen LogP contribution in [0.2, 0.25) is 0 Å². The molecule has 0 bridgehead atoms. The molecule has 0 radical (unpaired) electrons. The lowest BCUT2D eigenvalue weighted by molar-refractivity contribution is -0.136. The van der Waals surface area contributed by atoms with Gasteiger partial charge in [0.1, 0.15) is 11.4 Å². The van der Waals surface area contributed by atoms with Crippen molar-refractivity contribution >= 4 is 22.4 Å². The van der Waals surface area contributed by atoms with E-state index >= 15 is 0 Å². The Morgan fingerprint density at radius 1 is 1.08 bits per heavy atom. The summed E-state index contributed by atoms with van der Waals surface area (Å²) in [7, 11) is 3.24. The van der Waals surface area contributed by atoms with Crippen LogP contribution in [0.1, 0.15) is 39.5 Å². The fourth-order valence-corrected chi connectivity index (χ4v) is 2.83. The summed E-state index contributed by atoms with van der Waals surface area (Å²) in [5.41, 5.74) is -0.0499. The van der Waals surface area contributed by atoms with Crippen molar-refractivity contribution in [3.8, 4) is 5.75 Å². The zero-order valence-electron chi connectivity index (χ0n) is 15.0. The smallest absolute Gasteiger partial charge is 0.256 e. The third-order valence-corrected chi connectivity index (χ3v) is 4.54. The van der Waals surface area contributed by atoms with Gasteiger partial charge in [0.15, 0.2) is 0 Å². The van der Waals surface area contributed by atoms with Crippen molar-refractivity contribution in [3.05, 3.63) is 36.4 Å². The van der Waals surface area contributed by atoms with Crippen molar-refractivity contribution in [3.63, 3.8) is 0 Å². The highest BCUT2D eigenvalue weighted by Crippen LogP contribution is 2.32. The van der Waals surface area contributed by atoms with Crippen LogP contribution in [-0.4, -0.2) is 25.7 Å². The monoisotopic (exact) mass is 329 g/mol. The Morgan fingerprint density at radius 2 is 1.79 bits per heavy atom. The number of benzene rings is 2. The van der Waals surface area contributed by atoms with Crippen LogP contribution in [0.4, 0.5) is 5.69 Å². The van der Waals surface area contributed by atoms with Crippen molar-refractivity contribution in [2.75, 3.05) is 19.5 Å². The van der Waals surface area contributed by atoms with E-state index in [9.17, 15) is 4.79 Å². The number of carbonyl (C=O) groups excluding carboxylic acids is 1. The van der Waals surface area contributed by atoms with E-state index in [-0.39, 0.29) is 5.91 Å². The van der Waals surface area contributed by atoms with E-state index in [0.29, 0.717) is 6.42 Å². The number of rotatable bonds is 8. The normalized spacial score (nSPS) is 13.5. The molecule has 2 aromatic rings. The quantitative estimate of drug-likeness (QED) is 0.710. The number of unbranched alkanes of at least 4 members (excludes halogenated alkanes) is 2. The van der Waals surface area contributed by atoms with Crippen LogP contribution in [0.25, 0.3) is 10.8 Å². The molecule has 0 heterocycles. The topological polar surface area (TPSA) is 47.6 Å². The van der Waals surface area contributed by atoms with Gasteiger partial charge in [-0.3, -0.25) is 4.79 Å². The SMILES string of the molecule is CCCCC[C@@](C)(OC)C(=O)Nc1ccc(OC)c2ccccc12. The third kappa shape index (κ3) is 3.88. The lowest BCUT2D eigenvalue weighted by atomic mass is 9.96. The Hall–Kier alpha value is -2.07. The van der Waals surface area contributed by atoms with Gasteiger partial charge < -0.3 is 14.8 Å². The van der Waals surface area contributed by atoms with Crippen LogP contribution < -0.4 is 10.1 Å². The average Bonchev–Trinajstić information content (AvgIpc) is 2.62. The van der Waals surface area contributed by atoms with Crippen LogP contribution in [0.5, 0.6) is 5.75 Å². The van der Waals surface area contributed by atoms with Crippen molar-refractivity contribution in [1.29, 1.82) is 0 Å². The Balaban J connectivity index is 2.26. The molecule has 4 nitrogen and oxygen atoms in total. The van der Waals surface area contributed by atoms with Crippen LogP contribution >= 0.6 is 0 Å². The molecule has 2 rings (SSSR count). The van der Waals surface area contributed by atoms with Gasteiger partial charge in [-0.1, -0.05) is 50.5 Å². The Bertz CT molecular complexity index is 698. The lowest BCUT2D eigenvalue weighted by Crippen LogP contribution is -2.42. The largest absolute Gasteiger partial charge is 0.496 e. The van der Waals surface area contributed by atoms with E-state index in [1.807, 2.05) is 43.3 Å². The van der Waals surface area contributed by atoms with Crippen molar-refractivity contribution in [2.24, 2.45) is 0 Å². The van der Waals surface area contributed by atoms with Gasteiger partial charge in [0.05, 0.1) is 7.11 Å². The number of ether oxygens (including phenoxy) is 2. The maximum Gasteiger partial charge on any atom is 0.256 e. The molecule has 0 saturated heterocycles. The minimum Gasteiger partial charge on any atom is -0.496 e. The number of carbonyl (C=O) groups is 1. The third-order valence-electron chi connectivity index (χ3n) is 4.54. The first kappa shape index (κ1) is 18.3. The maximum atomic E-state index is 12.8. The van der Waals surface area contributed by atoms with Gasteiger partial charge in [-0.25, -0.2) is 0 Å². The Kier molecular flexibility index (Phi) is 6.21. The van der Waals surface area contributed by atoms with Gasteiger partial charge in [0.25, 0.3) is 5.91 Å². The van der Waals surface area contributed by atoms with Gasteiger partial charge in [-0.15, -0.1) is 0 Å². The molecule has 0 fully saturated rings. The maximum absolute atomic E-state index is 12.8.